The molecule has 322 valence electrons. The third-order valence-corrected chi connectivity index (χ3v) is 13.3. The Morgan fingerprint density at radius 1 is 0.353 bits per heavy atom. The number of para-hydroxylation sites is 2. The third-order valence-electron chi connectivity index (χ3n) is 13.3. The fraction of sp³-hybridized carbons (Fsp3) is 0.0635. The van der Waals surface area contributed by atoms with Gasteiger partial charge in [-0.15, -0.1) is 0 Å². The van der Waals surface area contributed by atoms with E-state index in [0.717, 1.165) is 94.2 Å². The van der Waals surface area contributed by atoms with Crippen molar-refractivity contribution in [1.82, 2.24) is 19.1 Å². The number of fused-ring (bicyclic) bond motifs is 6. The standard InChI is InChI=1S/C63H45N5/c1-39-27-40(2)30-48(29-39)46-23-25-58-52(35-46)50-19-11-13-21-56(50)67(58)60-33-43(38-64)34-61(62(60)63-65-54(44-15-7-5-8-16-44)37-55(66-63)45-17-9-6-10-18-45)68-57-22-14-12-20-51(57)53-36-47(24-26-59(53)68)49-31-41(3)28-42(4)32-49/h5-37H,1-4H3. The maximum atomic E-state index is 11.1. The van der Waals surface area contributed by atoms with Gasteiger partial charge >= 0.3 is 0 Å². The molecule has 68 heavy (non-hydrogen) atoms. The van der Waals surface area contributed by atoms with Gasteiger partial charge in [0.1, 0.15) is 0 Å². The average Bonchev–Trinajstić information content (AvgIpc) is 3.88. The Morgan fingerprint density at radius 3 is 1.18 bits per heavy atom. The molecule has 0 atom stereocenters. The summed E-state index contributed by atoms with van der Waals surface area (Å²) < 4.78 is 4.64. The van der Waals surface area contributed by atoms with Crippen LogP contribution in [0.2, 0.25) is 0 Å². The maximum Gasteiger partial charge on any atom is 0.164 e. The summed E-state index contributed by atoms with van der Waals surface area (Å²) in [7, 11) is 0. The molecule has 3 heterocycles. The molecule has 12 aromatic rings. The molecule has 0 unspecified atom stereocenters. The maximum absolute atomic E-state index is 11.1. The first-order valence-electron chi connectivity index (χ1n) is 23.1. The Morgan fingerprint density at radius 2 is 0.750 bits per heavy atom. The molecule has 5 heteroatoms. The highest BCUT2D eigenvalue weighted by Gasteiger charge is 2.26. The van der Waals surface area contributed by atoms with E-state index in [-0.39, 0.29) is 0 Å². The molecule has 9 aromatic carbocycles. The highest BCUT2D eigenvalue weighted by molar-refractivity contribution is 6.13. The lowest BCUT2D eigenvalue weighted by Gasteiger charge is -2.21. The summed E-state index contributed by atoms with van der Waals surface area (Å²) >= 11 is 0. The van der Waals surface area contributed by atoms with E-state index >= 15 is 0 Å². The van der Waals surface area contributed by atoms with Gasteiger partial charge in [0.25, 0.3) is 0 Å². The Kier molecular flexibility index (Phi) is 9.71. The zero-order valence-corrected chi connectivity index (χ0v) is 38.3. The summed E-state index contributed by atoms with van der Waals surface area (Å²) in [6.07, 6.45) is 0. The van der Waals surface area contributed by atoms with Gasteiger partial charge in [0, 0.05) is 32.7 Å². The smallest absolute Gasteiger partial charge is 0.164 e. The molecule has 0 spiro atoms. The van der Waals surface area contributed by atoms with E-state index in [1.165, 1.54) is 33.4 Å². The van der Waals surface area contributed by atoms with Crippen molar-refractivity contribution < 1.29 is 0 Å². The first-order chi connectivity index (χ1) is 33.3. The first kappa shape index (κ1) is 40.6. The van der Waals surface area contributed by atoms with Crippen LogP contribution in [0.1, 0.15) is 27.8 Å². The average molecular weight is 872 g/mol. The van der Waals surface area contributed by atoms with Crippen LogP contribution >= 0.6 is 0 Å². The van der Waals surface area contributed by atoms with Gasteiger partial charge in [-0.1, -0.05) is 168 Å². The second kappa shape index (κ2) is 16.2. The molecule has 0 saturated carbocycles. The molecule has 0 amide bonds. The number of hydrogen-bond acceptors (Lipinski definition) is 3. The molecule has 0 fully saturated rings. The van der Waals surface area contributed by atoms with E-state index in [1.807, 2.05) is 48.5 Å². The van der Waals surface area contributed by atoms with E-state index < -0.39 is 0 Å². The van der Waals surface area contributed by atoms with Gasteiger partial charge in [-0.3, -0.25) is 0 Å². The zero-order chi connectivity index (χ0) is 46.0. The summed E-state index contributed by atoms with van der Waals surface area (Å²) in [5.74, 6) is 0.551. The van der Waals surface area contributed by atoms with Gasteiger partial charge < -0.3 is 9.13 Å². The molecular formula is C63H45N5. The fourth-order valence-electron chi connectivity index (χ4n) is 10.4. The van der Waals surface area contributed by atoms with E-state index in [9.17, 15) is 5.26 Å². The summed E-state index contributed by atoms with van der Waals surface area (Å²) in [6, 6.07) is 73.5. The highest BCUT2D eigenvalue weighted by atomic mass is 15.0. The summed E-state index contributed by atoms with van der Waals surface area (Å²) in [5.41, 5.74) is 20.2. The Labute approximate surface area is 395 Å². The van der Waals surface area contributed by atoms with Crippen LogP contribution < -0.4 is 0 Å². The summed E-state index contributed by atoms with van der Waals surface area (Å²) in [5, 5.41) is 15.6. The topological polar surface area (TPSA) is 59.4 Å². The van der Waals surface area contributed by atoms with Crippen LogP contribution in [0, 0.1) is 39.0 Å². The molecule has 0 aliphatic rings. The lowest BCUT2D eigenvalue weighted by Crippen LogP contribution is -2.07. The van der Waals surface area contributed by atoms with E-state index in [1.54, 1.807) is 0 Å². The number of benzene rings is 9. The van der Waals surface area contributed by atoms with Crippen molar-refractivity contribution in [3.05, 3.63) is 228 Å². The van der Waals surface area contributed by atoms with Crippen LogP contribution in [-0.2, 0) is 0 Å². The SMILES string of the molecule is Cc1cc(C)cc(-c2ccc3c(c2)c2ccccc2n3-c2cc(C#N)cc(-n3c4ccccc4c4cc(-c5cc(C)cc(C)c5)ccc43)c2-c2nc(-c3ccccc3)cc(-c3ccccc3)n2)c1. The molecule has 0 radical (unpaired) electrons. The predicted molar refractivity (Wildman–Crippen MR) is 282 cm³/mol. The number of rotatable bonds is 7. The van der Waals surface area contributed by atoms with Crippen molar-refractivity contribution in [2.24, 2.45) is 0 Å². The van der Waals surface area contributed by atoms with Gasteiger partial charge in [0.15, 0.2) is 5.82 Å². The Hall–Kier alpha value is -8.85. The Balaban J connectivity index is 1.22. The van der Waals surface area contributed by atoms with Crippen LogP contribution in [0.15, 0.2) is 200 Å². The molecular weight excluding hydrogens is 827 g/mol. The van der Waals surface area contributed by atoms with Gasteiger partial charge in [-0.25, -0.2) is 9.97 Å². The van der Waals surface area contributed by atoms with Gasteiger partial charge in [-0.2, -0.15) is 5.26 Å². The van der Waals surface area contributed by atoms with Crippen molar-refractivity contribution >= 4 is 43.6 Å². The van der Waals surface area contributed by atoms with Crippen LogP contribution in [0.3, 0.4) is 0 Å². The molecule has 0 N–H and O–H groups in total. The van der Waals surface area contributed by atoms with Crippen LogP contribution in [-0.4, -0.2) is 19.1 Å². The van der Waals surface area contributed by atoms with Gasteiger partial charge in [0.2, 0.25) is 0 Å². The predicted octanol–water partition coefficient (Wildman–Crippen LogP) is 16.1. The van der Waals surface area contributed by atoms with Crippen molar-refractivity contribution in [3.8, 4) is 73.6 Å². The molecule has 0 aliphatic heterocycles. The lowest BCUT2D eigenvalue weighted by atomic mass is 9.99. The lowest BCUT2D eigenvalue weighted by molar-refractivity contribution is 1.10. The summed E-state index contributed by atoms with van der Waals surface area (Å²) in [4.78, 5) is 11.1. The molecule has 3 aromatic heterocycles. The zero-order valence-electron chi connectivity index (χ0n) is 38.3. The third kappa shape index (κ3) is 6.94. The number of aromatic nitrogens is 4. The van der Waals surface area contributed by atoms with Crippen molar-refractivity contribution in [2.75, 3.05) is 0 Å². The number of hydrogen-bond donors (Lipinski definition) is 0. The minimum absolute atomic E-state index is 0.525. The minimum Gasteiger partial charge on any atom is -0.308 e. The number of nitriles is 1. The van der Waals surface area contributed by atoms with Crippen LogP contribution in [0.4, 0.5) is 0 Å². The monoisotopic (exact) mass is 871 g/mol. The fourth-order valence-corrected chi connectivity index (χ4v) is 10.4. The largest absolute Gasteiger partial charge is 0.308 e. The molecule has 12 rings (SSSR count). The van der Waals surface area contributed by atoms with Gasteiger partial charge in [0.05, 0.1) is 62.0 Å². The quantitative estimate of drug-likeness (QED) is 0.160. The molecule has 5 nitrogen and oxygen atoms in total. The molecule has 0 aliphatic carbocycles. The van der Waals surface area contributed by atoms with E-state index in [0.29, 0.717) is 11.4 Å². The summed E-state index contributed by atoms with van der Waals surface area (Å²) in [6.45, 7) is 8.62. The van der Waals surface area contributed by atoms with Crippen molar-refractivity contribution in [2.45, 2.75) is 27.7 Å². The minimum atomic E-state index is 0.525. The van der Waals surface area contributed by atoms with Crippen LogP contribution in [0.5, 0.6) is 0 Å². The van der Waals surface area contributed by atoms with E-state index in [4.69, 9.17) is 9.97 Å². The van der Waals surface area contributed by atoms with E-state index in [2.05, 4.69) is 195 Å². The number of aryl methyl sites for hydroxylation is 4. The molecule has 0 saturated heterocycles. The normalized spacial score (nSPS) is 11.5. The second-order valence-corrected chi connectivity index (χ2v) is 18.1. The van der Waals surface area contributed by atoms with Crippen molar-refractivity contribution in [1.29, 1.82) is 5.26 Å². The van der Waals surface area contributed by atoms with Crippen LogP contribution in [0.25, 0.3) is 111 Å². The van der Waals surface area contributed by atoms with Crippen molar-refractivity contribution in [3.63, 3.8) is 0 Å². The first-order valence-corrected chi connectivity index (χ1v) is 23.1. The van der Waals surface area contributed by atoms with Gasteiger partial charge in [-0.05, 0) is 105 Å². The second-order valence-electron chi connectivity index (χ2n) is 18.1. The highest BCUT2D eigenvalue weighted by Crippen LogP contribution is 2.44. The molecule has 0 bridgehead atoms. The number of nitrogens with zero attached hydrogens (tertiary/aromatic N) is 5. The Bertz CT molecular complexity index is 3730.